The van der Waals surface area contributed by atoms with Crippen LogP contribution in [0.4, 0.5) is 5.69 Å². The van der Waals surface area contributed by atoms with Crippen molar-refractivity contribution in [2.75, 3.05) is 32.8 Å². The van der Waals surface area contributed by atoms with E-state index in [9.17, 15) is 14.4 Å². The van der Waals surface area contributed by atoms with Gasteiger partial charge in [-0.15, -0.1) is 0 Å². The van der Waals surface area contributed by atoms with Crippen molar-refractivity contribution >= 4 is 29.4 Å². The largest absolute Gasteiger partial charge is 0.423 e. The molecule has 3 rings (SSSR count). The SMILES string of the molecule is NC(N)=Nc1ccc(C(=O)Oc2ccc(CCC(=O)NCC(=O)N3CCOCC3)cc2)cc1. The topological polar surface area (TPSA) is 149 Å². The van der Waals surface area contributed by atoms with Crippen molar-refractivity contribution < 1.29 is 23.9 Å². The van der Waals surface area contributed by atoms with E-state index in [1.807, 2.05) is 0 Å². The highest BCUT2D eigenvalue weighted by Gasteiger charge is 2.17. The Balaban J connectivity index is 1.42. The number of nitrogens with zero attached hydrogens (tertiary/aromatic N) is 2. The first-order valence-corrected chi connectivity index (χ1v) is 10.5. The van der Waals surface area contributed by atoms with Gasteiger partial charge in [0, 0.05) is 19.5 Å². The highest BCUT2D eigenvalue weighted by atomic mass is 16.5. The third kappa shape index (κ3) is 7.62. The van der Waals surface area contributed by atoms with Gasteiger partial charge in [-0.3, -0.25) is 9.59 Å². The number of hydrogen-bond donors (Lipinski definition) is 3. The second-order valence-electron chi connectivity index (χ2n) is 7.39. The molecule has 0 bridgehead atoms. The smallest absolute Gasteiger partial charge is 0.343 e. The molecule has 0 aromatic heterocycles. The van der Waals surface area contributed by atoms with Crippen LogP contribution >= 0.6 is 0 Å². The summed E-state index contributed by atoms with van der Waals surface area (Å²) in [5.74, 6) is -0.495. The number of ether oxygens (including phenoxy) is 2. The molecule has 1 aliphatic heterocycles. The van der Waals surface area contributed by atoms with Gasteiger partial charge in [-0.2, -0.15) is 0 Å². The minimum absolute atomic E-state index is 0.0132. The van der Waals surface area contributed by atoms with Gasteiger partial charge in [-0.1, -0.05) is 12.1 Å². The Morgan fingerprint density at radius 1 is 1.00 bits per heavy atom. The fraction of sp³-hybridized carbons (Fsp3) is 0.304. The fourth-order valence-electron chi connectivity index (χ4n) is 3.16. The lowest BCUT2D eigenvalue weighted by molar-refractivity contribution is -0.136. The van der Waals surface area contributed by atoms with Gasteiger partial charge in [0.25, 0.3) is 0 Å². The fourth-order valence-corrected chi connectivity index (χ4v) is 3.16. The van der Waals surface area contributed by atoms with E-state index in [2.05, 4.69) is 10.3 Å². The standard InChI is InChI=1S/C23H27N5O5/c24-23(25)27-18-6-4-17(5-7-18)22(31)33-19-8-1-16(2-9-19)3-10-20(29)26-15-21(30)28-11-13-32-14-12-28/h1-2,4-9H,3,10-15H2,(H,26,29)(H4,24,25,27). The molecule has 1 aliphatic rings. The van der Waals surface area contributed by atoms with Crippen LogP contribution in [0.1, 0.15) is 22.3 Å². The van der Waals surface area contributed by atoms with E-state index in [4.69, 9.17) is 20.9 Å². The van der Waals surface area contributed by atoms with Crippen LogP contribution in [-0.2, 0) is 20.7 Å². The maximum atomic E-state index is 12.3. The average Bonchev–Trinajstić information content (AvgIpc) is 2.82. The van der Waals surface area contributed by atoms with Crippen molar-refractivity contribution in [1.29, 1.82) is 0 Å². The lowest BCUT2D eigenvalue weighted by atomic mass is 10.1. The zero-order valence-corrected chi connectivity index (χ0v) is 18.2. The molecule has 0 spiro atoms. The summed E-state index contributed by atoms with van der Waals surface area (Å²) in [7, 11) is 0. The van der Waals surface area contributed by atoms with Crippen LogP contribution in [0, 0.1) is 0 Å². The normalized spacial score (nSPS) is 13.2. The molecule has 1 fully saturated rings. The second kappa shape index (κ2) is 11.6. The molecule has 174 valence electrons. The molecule has 10 nitrogen and oxygen atoms in total. The highest BCUT2D eigenvalue weighted by molar-refractivity contribution is 5.91. The second-order valence-corrected chi connectivity index (χ2v) is 7.39. The molecule has 2 aromatic rings. The number of amides is 2. The van der Waals surface area contributed by atoms with E-state index in [0.717, 1.165) is 5.56 Å². The summed E-state index contributed by atoms with van der Waals surface area (Å²) in [6, 6.07) is 13.3. The van der Waals surface area contributed by atoms with Crippen molar-refractivity contribution in [3.63, 3.8) is 0 Å². The maximum Gasteiger partial charge on any atom is 0.343 e. The van der Waals surface area contributed by atoms with E-state index in [-0.39, 0.29) is 30.7 Å². The Morgan fingerprint density at radius 2 is 1.67 bits per heavy atom. The predicted octanol–water partition coefficient (Wildman–Crippen LogP) is 0.718. The lowest BCUT2D eigenvalue weighted by Crippen LogP contribution is -2.45. The van der Waals surface area contributed by atoms with Crippen LogP contribution in [-0.4, -0.2) is 61.5 Å². The van der Waals surface area contributed by atoms with Crippen molar-refractivity contribution in [3.8, 4) is 5.75 Å². The predicted molar refractivity (Wildman–Crippen MR) is 122 cm³/mol. The number of hydrogen-bond acceptors (Lipinski definition) is 6. The molecule has 10 heteroatoms. The summed E-state index contributed by atoms with van der Waals surface area (Å²) >= 11 is 0. The van der Waals surface area contributed by atoms with Crippen molar-refractivity contribution in [3.05, 3.63) is 59.7 Å². The molecule has 0 radical (unpaired) electrons. The van der Waals surface area contributed by atoms with Gasteiger partial charge >= 0.3 is 5.97 Å². The molecular formula is C23H27N5O5. The first-order chi connectivity index (χ1) is 15.9. The number of aliphatic imine (C=N–C) groups is 1. The number of benzene rings is 2. The number of rotatable bonds is 8. The molecule has 0 aliphatic carbocycles. The van der Waals surface area contributed by atoms with Crippen LogP contribution in [0.2, 0.25) is 0 Å². The minimum atomic E-state index is -0.511. The van der Waals surface area contributed by atoms with Crippen LogP contribution < -0.4 is 21.5 Å². The van der Waals surface area contributed by atoms with E-state index in [1.165, 1.54) is 0 Å². The minimum Gasteiger partial charge on any atom is -0.423 e. The Labute approximate surface area is 191 Å². The highest BCUT2D eigenvalue weighted by Crippen LogP contribution is 2.17. The van der Waals surface area contributed by atoms with Crippen LogP contribution in [0.3, 0.4) is 0 Å². The third-order valence-electron chi connectivity index (χ3n) is 4.94. The quantitative estimate of drug-likeness (QED) is 0.231. The number of aryl methyl sites for hydroxylation is 1. The molecule has 5 N–H and O–H groups in total. The average molecular weight is 453 g/mol. The van der Waals surface area contributed by atoms with Crippen molar-refractivity contribution in [2.24, 2.45) is 16.5 Å². The molecule has 0 unspecified atom stereocenters. The zero-order chi connectivity index (χ0) is 23.6. The zero-order valence-electron chi connectivity index (χ0n) is 18.2. The van der Waals surface area contributed by atoms with Gasteiger partial charge in [-0.25, -0.2) is 9.79 Å². The number of carbonyl (C=O) groups is 3. The summed E-state index contributed by atoms with van der Waals surface area (Å²) < 4.78 is 10.6. The number of nitrogens with one attached hydrogen (secondary N) is 1. The van der Waals surface area contributed by atoms with Gasteiger partial charge < -0.3 is 31.2 Å². The Morgan fingerprint density at radius 3 is 2.30 bits per heavy atom. The molecule has 2 aromatic carbocycles. The molecule has 1 heterocycles. The van der Waals surface area contributed by atoms with Crippen LogP contribution in [0.15, 0.2) is 53.5 Å². The molecule has 33 heavy (non-hydrogen) atoms. The molecule has 0 atom stereocenters. The molecular weight excluding hydrogens is 426 g/mol. The van der Waals surface area contributed by atoms with Crippen molar-refractivity contribution in [1.82, 2.24) is 10.2 Å². The van der Waals surface area contributed by atoms with Gasteiger partial charge in [0.1, 0.15) is 5.75 Å². The van der Waals surface area contributed by atoms with Crippen LogP contribution in [0.5, 0.6) is 5.75 Å². The van der Waals surface area contributed by atoms with Crippen molar-refractivity contribution in [2.45, 2.75) is 12.8 Å². The van der Waals surface area contributed by atoms with Crippen LogP contribution in [0.25, 0.3) is 0 Å². The van der Waals surface area contributed by atoms with Gasteiger partial charge in [-0.05, 0) is 48.4 Å². The third-order valence-corrected chi connectivity index (χ3v) is 4.94. The summed E-state index contributed by atoms with van der Waals surface area (Å²) in [6.45, 7) is 2.14. The lowest BCUT2D eigenvalue weighted by Gasteiger charge is -2.26. The number of nitrogens with two attached hydrogens (primary N) is 2. The maximum absolute atomic E-state index is 12.3. The molecule has 0 saturated carbocycles. The van der Waals surface area contributed by atoms with E-state index < -0.39 is 5.97 Å². The summed E-state index contributed by atoms with van der Waals surface area (Å²) in [6.07, 6.45) is 0.746. The monoisotopic (exact) mass is 453 g/mol. The Kier molecular flexibility index (Phi) is 8.36. The first kappa shape index (κ1) is 23.7. The summed E-state index contributed by atoms with van der Waals surface area (Å²) in [4.78, 5) is 42.0. The van der Waals surface area contributed by atoms with Gasteiger partial charge in [0.05, 0.1) is 31.0 Å². The molecule has 2 amide bonds. The summed E-state index contributed by atoms with van der Waals surface area (Å²) in [5.41, 5.74) is 12.4. The summed E-state index contributed by atoms with van der Waals surface area (Å²) in [5, 5.41) is 2.66. The number of esters is 1. The first-order valence-electron chi connectivity index (χ1n) is 10.5. The van der Waals surface area contributed by atoms with E-state index >= 15 is 0 Å². The van der Waals surface area contributed by atoms with E-state index in [1.54, 1.807) is 53.4 Å². The van der Waals surface area contributed by atoms with Gasteiger partial charge in [0.2, 0.25) is 11.8 Å². The Bertz CT molecular complexity index is 995. The number of morpholine rings is 1. The molecule has 1 saturated heterocycles. The van der Waals surface area contributed by atoms with Gasteiger partial charge in [0.15, 0.2) is 5.96 Å². The number of carbonyl (C=O) groups excluding carboxylic acids is 3. The number of guanidine groups is 1. The Hall–Kier alpha value is -3.92. The van der Waals surface area contributed by atoms with E-state index in [0.29, 0.717) is 49.7 Å².